The number of hydrogen-bond donors (Lipinski definition) is 2. The zero-order chi connectivity index (χ0) is 18.8. The number of fused-ring (bicyclic) bond motifs is 1. The van der Waals surface area contributed by atoms with Gasteiger partial charge in [0.1, 0.15) is 11.1 Å². The molecule has 0 spiro atoms. The van der Waals surface area contributed by atoms with E-state index >= 15 is 0 Å². The fraction of sp³-hybridized carbons (Fsp3) is 0.333. The third-order valence-corrected chi connectivity index (χ3v) is 4.49. The summed E-state index contributed by atoms with van der Waals surface area (Å²) >= 11 is 0. The van der Waals surface area contributed by atoms with Gasteiger partial charge in [-0.25, -0.2) is 14.3 Å². The van der Waals surface area contributed by atoms with E-state index in [4.69, 9.17) is 9.47 Å². The van der Waals surface area contributed by atoms with Crippen LogP contribution in [0.25, 0.3) is 16.7 Å². The number of aromatic nitrogens is 4. The number of ether oxygens (including phenoxy) is 2. The number of nitrogens with one attached hydrogen (secondary N) is 2. The first-order valence-electron chi connectivity index (χ1n) is 8.68. The van der Waals surface area contributed by atoms with Crippen LogP contribution in [0.2, 0.25) is 0 Å². The average Bonchev–Trinajstić information content (AvgIpc) is 3.20. The van der Waals surface area contributed by atoms with Crippen molar-refractivity contribution in [2.24, 2.45) is 0 Å². The molecule has 1 fully saturated rings. The second-order valence-electron chi connectivity index (χ2n) is 6.21. The molecule has 9 heteroatoms. The van der Waals surface area contributed by atoms with Gasteiger partial charge in [0, 0.05) is 19.3 Å². The molecule has 9 nitrogen and oxygen atoms in total. The molecule has 0 unspecified atom stereocenters. The molecule has 1 saturated heterocycles. The minimum absolute atomic E-state index is 0.127. The van der Waals surface area contributed by atoms with Crippen molar-refractivity contribution in [2.75, 3.05) is 25.6 Å². The number of hydrogen-bond acceptors (Lipinski definition) is 7. The Kier molecular flexibility index (Phi) is 4.59. The van der Waals surface area contributed by atoms with E-state index in [0.29, 0.717) is 23.9 Å². The molecule has 0 amide bonds. The van der Waals surface area contributed by atoms with Crippen molar-refractivity contribution in [3.8, 4) is 11.4 Å². The summed E-state index contributed by atoms with van der Waals surface area (Å²) in [6.07, 6.45) is 3.56. The molecule has 0 radical (unpaired) electrons. The topological polar surface area (TPSA) is 111 Å². The Morgan fingerprint density at radius 1 is 1.37 bits per heavy atom. The Morgan fingerprint density at radius 3 is 3.00 bits per heavy atom. The van der Waals surface area contributed by atoms with Crippen molar-refractivity contribution < 1.29 is 9.47 Å². The summed E-state index contributed by atoms with van der Waals surface area (Å²) in [5.74, 6) is 0.753. The first kappa shape index (κ1) is 17.2. The molecule has 0 aliphatic carbocycles. The molecule has 2 aromatic heterocycles. The van der Waals surface area contributed by atoms with Gasteiger partial charge in [-0.05, 0) is 25.0 Å². The molecule has 4 rings (SSSR count). The van der Waals surface area contributed by atoms with Gasteiger partial charge in [0.2, 0.25) is 5.95 Å². The molecule has 0 bridgehead atoms. The maximum absolute atomic E-state index is 12.9. The van der Waals surface area contributed by atoms with Crippen LogP contribution < -0.4 is 21.3 Å². The van der Waals surface area contributed by atoms with E-state index in [1.54, 1.807) is 24.3 Å². The Hall–Kier alpha value is -3.20. The van der Waals surface area contributed by atoms with E-state index in [-0.39, 0.29) is 17.1 Å². The van der Waals surface area contributed by atoms with Crippen molar-refractivity contribution in [3.63, 3.8) is 0 Å². The zero-order valence-electron chi connectivity index (χ0n) is 14.8. The molecule has 1 aromatic carbocycles. The van der Waals surface area contributed by atoms with Gasteiger partial charge in [-0.3, -0.25) is 9.78 Å². The van der Waals surface area contributed by atoms with E-state index < -0.39 is 11.2 Å². The van der Waals surface area contributed by atoms with Crippen molar-refractivity contribution in [1.82, 2.24) is 19.5 Å². The van der Waals surface area contributed by atoms with Crippen LogP contribution in [0.15, 0.2) is 40.1 Å². The smallest absolute Gasteiger partial charge is 0.334 e. The van der Waals surface area contributed by atoms with Gasteiger partial charge in [-0.2, -0.15) is 4.98 Å². The SMILES string of the molecule is COc1ccccc1-n1c(=O)[nH]c2nc(NC[C@@H]3CCCO3)ncc2c1=O. The monoisotopic (exact) mass is 369 g/mol. The maximum atomic E-state index is 12.9. The number of rotatable bonds is 5. The zero-order valence-corrected chi connectivity index (χ0v) is 14.8. The molecule has 1 atom stereocenters. The Morgan fingerprint density at radius 2 is 2.22 bits per heavy atom. The maximum Gasteiger partial charge on any atom is 0.334 e. The van der Waals surface area contributed by atoms with Gasteiger partial charge in [0.05, 0.1) is 18.9 Å². The van der Waals surface area contributed by atoms with Crippen LogP contribution in [0, 0.1) is 0 Å². The summed E-state index contributed by atoms with van der Waals surface area (Å²) in [4.78, 5) is 36.5. The van der Waals surface area contributed by atoms with Gasteiger partial charge >= 0.3 is 5.69 Å². The summed E-state index contributed by atoms with van der Waals surface area (Å²) in [6, 6.07) is 6.81. The molecule has 1 aliphatic rings. The van der Waals surface area contributed by atoms with Crippen LogP contribution in [-0.4, -0.2) is 45.9 Å². The highest BCUT2D eigenvalue weighted by Gasteiger charge is 2.17. The number of benzene rings is 1. The summed E-state index contributed by atoms with van der Waals surface area (Å²) in [7, 11) is 1.48. The van der Waals surface area contributed by atoms with Gasteiger partial charge in [0.15, 0.2) is 5.65 Å². The van der Waals surface area contributed by atoms with Gasteiger partial charge < -0.3 is 14.8 Å². The highest BCUT2D eigenvalue weighted by molar-refractivity contribution is 5.73. The van der Waals surface area contributed by atoms with E-state index in [9.17, 15) is 9.59 Å². The van der Waals surface area contributed by atoms with Crippen molar-refractivity contribution in [2.45, 2.75) is 18.9 Å². The Labute approximate surface area is 154 Å². The van der Waals surface area contributed by atoms with E-state index in [2.05, 4.69) is 20.3 Å². The third kappa shape index (κ3) is 3.28. The summed E-state index contributed by atoms with van der Waals surface area (Å²) in [5, 5.41) is 3.30. The second kappa shape index (κ2) is 7.20. The Balaban J connectivity index is 1.73. The highest BCUT2D eigenvalue weighted by Crippen LogP contribution is 2.19. The minimum atomic E-state index is -0.597. The number of para-hydroxylation sites is 2. The number of anilines is 1. The molecule has 3 heterocycles. The highest BCUT2D eigenvalue weighted by atomic mass is 16.5. The lowest BCUT2D eigenvalue weighted by molar-refractivity contribution is 0.120. The third-order valence-electron chi connectivity index (χ3n) is 4.49. The first-order chi connectivity index (χ1) is 13.2. The molecule has 1 aliphatic heterocycles. The van der Waals surface area contributed by atoms with E-state index in [1.807, 2.05) is 0 Å². The van der Waals surface area contributed by atoms with E-state index in [1.165, 1.54) is 13.3 Å². The summed E-state index contributed by atoms with van der Waals surface area (Å²) < 4.78 is 11.8. The quantitative estimate of drug-likeness (QED) is 0.692. The van der Waals surface area contributed by atoms with Crippen LogP contribution in [-0.2, 0) is 4.74 Å². The number of nitrogens with zero attached hydrogens (tertiary/aromatic N) is 3. The van der Waals surface area contributed by atoms with Gasteiger partial charge in [-0.15, -0.1) is 0 Å². The molecular weight excluding hydrogens is 350 g/mol. The Bertz CT molecular complexity index is 1090. The van der Waals surface area contributed by atoms with Crippen LogP contribution in [0.1, 0.15) is 12.8 Å². The number of H-pyrrole nitrogens is 1. The van der Waals surface area contributed by atoms with Crippen LogP contribution in [0.4, 0.5) is 5.95 Å². The normalized spacial score (nSPS) is 16.6. The van der Waals surface area contributed by atoms with Crippen LogP contribution in [0.5, 0.6) is 5.75 Å². The van der Waals surface area contributed by atoms with E-state index in [0.717, 1.165) is 24.0 Å². The summed E-state index contributed by atoms with van der Waals surface area (Å²) in [6.45, 7) is 1.34. The lowest BCUT2D eigenvalue weighted by atomic mass is 10.2. The van der Waals surface area contributed by atoms with Crippen molar-refractivity contribution in [1.29, 1.82) is 0 Å². The first-order valence-corrected chi connectivity index (χ1v) is 8.68. The van der Waals surface area contributed by atoms with Gasteiger partial charge in [-0.1, -0.05) is 12.1 Å². The largest absolute Gasteiger partial charge is 0.495 e. The average molecular weight is 369 g/mol. The summed E-state index contributed by atoms with van der Waals surface area (Å²) in [5.41, 5.74) is -0.570. The molecular formula is C18H19N5O4. The molecule has 140 valence electrons. The number of methoxy groups -OCH3 is 1. The lowest BCUT2D eigenvalue weighted by Gasteiger charge is -2.12. The molecule has 3 aromatic rings. The fourth-order valence-electron chi connectivity index (χ4n) is 3.13. The second-order valence-corrected chi connectivity index (χ2v) is 6.21. The number of aromatic amines is 1. The molecule has 0 saturated carbocycles. The predicted molar refractivity (Wildman–Crippen MR) is 99.8 cm³/mol. The minimum Gasteiger partial charge on any atom is -0.495 e. The fourth-order valence-corrected chi connectivity index (χ4v) is 3.13. The van der Waals surface area contributed by atoms with Crippen LogP contribution >= 0.6 is 0 Å². The molecule has 2 N–H and O–H groups in total. The predicted octanol–water partition coefficient (Wildman–Crippen LogP) is 1.07. The standard InChI is InChI=1S/C18H19N5O4/c1-26-14-7-3-2-6-13(14)23-16(24)12-10-20-17(21-15(12)22-18(23)25)19-9-11-5-4-8-27-11/h2-3,6-7,10-11H,4-5,8-9H2,1H3,(H2,19,20,21,22,25)/t11-/m0/s1. The van der Waals surface area contributed by atoms with Gasteiger partial charge in [0.25, 0.3) is 5.56 Å². The van der Waals surface area contributed by atoms with Crippen LogP contribution in [0.3, 0.4) is 0 Å². The lowest BCUT2D eigenvalue weighted by Crippen LogP contribution is -2.34. The molecule has 27 heavy (non-hydrogen) atoms. The van der Waals surface area contributed by atoms with Crippen molar-refractivity contribution in [3.05, 3.63) is 51.3 Å². The van der Waals surface area contributed by atoms with Crippen molar-refractivity contribution >= 4 is 17.0 Å².